The summed E-state index contributed by atoms with van der Waals surface area (Å²) in [5.74, 6) is 0.868. The fourth-order valence-corrected chi connectivity index (χ4v) is 3.20. The zero-order valence-corrected chi connectivity index (χ0v) is 17.1. The van der Waals surface area contributed by atoms with E-state index in [0.717, 1.165) is 17.1 Å². The Balaban J connectivity index is 2.13. The zero-order chi connectivity index (χ0) is 20.4. The van der Waals surface area contributed by atoms with Crippen LogP contribution < -0.4 is 20.1 Å². The van der Waals surface area contributed by atoms with E-state index in [-0.39, 0.29) is 18.0 Å². The number of thiazole rings is 1. The van der Waals surface area contributed by atoms with Crippen molar-refractivity contribution >= 4 is 17.3 Å². The molecule has 2 rings (SSSR count). The van der Waals surface area contributed by atoms with Crippen LogP contribution in [0.25, 0.3) is 0 Å². The lowest BCUT2D eigenvalue weighted by atomic mass is 10.2. The lowest BCUT2D eigenvalue weighted by Gasteiger charge is -2.15. The molecule has 0 aliphatic carbocycles. The molecule has 28 heavy (non-hydrogen) atoms. The minimum Gasteiger partial charge on any atom is -0.490 e. The summed E-state index contributed by atoms with van der Waals surface area (Å²) < 4.78 is 35.8. The average Bonchev–Trinajstić information content (AvgIpc) is 3.14. The van der Waals surface area contributed by atoms with Crippen LogP contribution in [0.3, 0.4) is 0 Å². The number of hydrogen-bond acceptors (Lipinski definition) is 5. The maximum atomic E-state index is 12.8. The van der Waals surface area contributed by atoms with E-state index in [0.29, 0.717) is 31.2 Å². The van der Waals surface area contributed by atoms with Gasteiger partial charge in [-0.3, -0.25) is 0 Å². The van der Waals surface area contributed by atoms with Crippen LogP contribution in [0.15, 0.2) is 28.6 Å². The molecule has 1 aromatic heterocycles. The van der Waals surface area contributed by atoms with Crippen molar-refractivity contribution in [3.63, 3.8) is 0 Å². The summed E-state index contributed by atoms with van der Waals surface area (Å²) in [6.07, 6.45) is 0.905. The van der Waals surface area contributed by atoms with Gasteiger partial charge in [0.25, 0.3) is 0 Å². The molecule has 0 amide bonds. The van der Waals surface area contributed by atoms with Gasteiger partial charge in [-0.15, -0.1) is 11.3 Å². The molecule has 0 aliphatic heterocycles. The van der Waals surface area contributed by atoms with Crippen molar-refractivity contribution in [1.29, 1.82) is 0 Å². The van der Waals surface area contributed by atoms with E-state index in [2.05, 4.69) is 32.3 Å². The molecule has 0 fully saturated rings. The average molecular weight is 413 g/mol. The van der Waals surface area contributed by atoms with E-state index in [4.69, 9.17) is 4.74 Å². The van der Waals surface area contributed by atoms with E-state index in [9.17, 15) is 8.78 Å². The van der Waals surface area contributed by atoms with E-state index in [1.807, 2.05) is 12.3 Å². The molecule has 0 saturated heterocycles. The molecule has 0 spiro atoms. The highest BCUT2D eigenvalue weighted by atomic mass is 32.1. The predicted octanol–water partition coefficient (Wildman–Crippen LogP) is 3.96. The Bertz CT molecular complexity index is 768. The van der Waals surface area contributed by atoms with Crippen molar-refractivity contribution in [2.45, 2.75) is 46.9 Å². The smallest absolute Gasteiger partial charge is 0.387 e. The van der Waals surface area contributed by atoms with E-state index >= 15 is 0 Å². The first-order valence-corrected chi connectivity index (χ1v) is 10.1. The van der Waals surface area contributed by atoms with Gasteiger partial charge in [-0.1, -0.05) is 19.1 Å². The maximum Gasteiger partial charge on any atom is 0.387 e. The van der Waals surface area contributed by atoms with Gasteiger partial charge in [0, 0.05) is 17.5 Å². The van der Waals surface area contributed by atoms with Crippen LogP contribution in [-0.2, 0) is 19.5 Å². The largest absolute Gasteiger partial charge is 0.490 e. The van der Waals surface area contributed by atoms with Crippen LogP contribution in [-0.4, -0.2) is 30.7 Å². The number of halogens is 2. The molecule has 0 radical (unpaired) electrons. The fourth-order valence-electron chi connectivity index (χ4n) is 2.45. The van der Waals surface area contributed by atoms with E-state index < -0.39 is 6.61 Å². The Morgan fingerprint density at radius 1 is 1.25 bits per heavy atom. The first kappa shape index (κ1) is 21.9. The fraction of sp³-hybridized carbons (Fsp3) is 0.474. The quantitative estimate of drug-likeness (QED) is 0.457. The molecule has 0 atom stereocenters. The van der Waals surface area contributed by atoms with Crippen molar-refractivity contribution in [3.8, 4) is 11.5 Å². The van der Waals surface area contributed by atoms with E-state index in [1.165, 1.54) is 0 Å². The normalized spacial score (nSPS) is 11.6. The maximum absolute atomic E-state index is 12.8. The number of rotatable bonds is 10. The first-order valence-electron chi connectivity index (χ1n) is 9.22. The Kier molecular flexibility index (Phi) is 8.93. The summed E-state index contributed by atoms with van der Waals surface area (Å²) in [5, 5.41) is 9.44. The van der Waals surface area contributed by atoms with Crippen LogP contribution in [0.4, 0.5) is 8.78 Å². The number of aliphatic imine (C=N–C) groups is 1. The predicted molar refractivity (Wildman–Crippen MR) is 107 cm³/mol. The third kappa shape index (κ3) is 6.63. The molecule has 2 aromatic rings. The van der Waals surface area contributed by atoms with Crippen molar-refractivity contribution < 1.29 is 18.3 Å². The summed E-state index contributed by atoms with van der Waals surface area (Å²) >= 11 is 1.63. The zero-order valence-electron chi connectivity index (χ0n) is 16.3. The van der Waals surface area contributed by atoms with Gasteiger partial charge in [0.05, 0.1) is 30.4 Å². The highest BCUT2D eigenvalue weighted by Crippen LogP contribution is 2.33. The number of guanidine groups is 1. The second kappa shape index (κ2) is 11.4. The van der Waals surface area contributed by atoms with Gasteiger partial charge in [0.15, 0.2) is 17.5 Å². The summed E-state index contributed by atoms with van der Waals surface area (Å²) in [6, 6.07) is 5.03. The van der Waals surface area contributed by atoms with Crippen LogP contribution in [0.1, 0.15) is 37.0 Å². The third-order valence-electron chi connectivity index (χ3n) is 3.66. The van der Waals surface area contributed by atoms with Crippen LogP contribution in [0.2, 0.25) is 0 Å². The highest BCUT2D eigenvalue weighted by Gasteiger charge is 2.15. The molecule has 0 bridgehead atoms. The van der Waals surface area contributed by atoms with Crippen LogP contribution >= 0.6 is 11.3 Å². The number of para-hydroxylation sites is 1. The molecule has 0 saturated carbocycles. The standard InChI is InChI=1S/C19H26F2N4O2S/c1-4-16-25-14(12-28-16)11-24-19(22-5-2)23-10-13-8-7-9-15(26-6-3)17(13)27-18(20)21/h7-9,12,18H,4-6,10-11H2,1-3H3,(H2,22,23,24). The minimum absolute atomic E-state index is 0.0195. The number of benzene rings is 1. The van der Waals surface area contributed by atoms with Crippen molar-refractivity contribution in [3.05, 3.63) is 39.8 Å². The lowest BCUT2D eigenvalue weighted by molar-refractivity contribution is -0.0520. The molecule has 0 aliphatic rings. The van der Waals surface area contributed by atoms with Gasteiger partial charge >= 0.3 is 6.61 Å². The van der Waals surface area contributed by atoms with Gasteiger partial charge in [-0.05, 0) is 26.3 Å². The molecule has 0 unspecified atom stereocenters. The van der Waals surface area contributed by atoms with Crippen molar-refractivity contribution in [2.75, 3.05) is 13.2 Å². The summed E-state index contributed by atoms with van der Waals surface area (Å²) in [5.41, 5.74) is 1.46. The van der Waals surface area contributed by atoms with Crippen molar-refractivity contribution in [2.24, 2.45) is 4.99 Å². The molecule has 154 valence electrons. The molecular weight excluding hydrogens is 386 g/mol. The van der Waals surface area contributed by atoms with Gasteiger partial charge in [-0.2, -0.15) is 8.78 Å². The Morgan fingerprint density at radius 3 is 2.71 bits per heavy atom. The molecular formula is C19H26F2N4O2S. The van der Waals surface area contributed by atoms with E-state index in [1.54, 1.807) is 36.5 Å². The molecule has 6 nitrogen and oxygen atoms in total. The Hall–Kier alpha value is -2.42. The van der Waals surface area contributed by atoms with Gasteiger partial charge in [0.1, 0.15) is 0 Å². The third-order valence-corrected chi connectivity index (χ3v) is 4.70. The van der Waals surface area contributed by atoms with Gasteiger partial charge in [-0.25, -0.2) is 9.98 Å². The van der Waals surface area contributed by atoms with Crippen molar-refractivity contribution in [1.82, 2.24) is 15.6 Å². The summed E-state index contributed by atoms with van der Waals surface area (Å²) in [6.45, 7) is 4.58. The number of aromatic nitrogens is 1. The Morgan fingerprint density at radius 2 is 2.07 bits per heavy atom. The molecule has 9 heteroatoms. The molecule has 2 N–H and O–H groups in total. The molecule has 1 heterocycles. The highest BCUT2D eigenvalue weighted by molar-refractivity contribution is 7.09. The number of ether oxygens (including phenoxy) is 2. The SMILES string of the molecule is CCNC(=NCc1cccc(OCC)c1OC(F)F)NCc1csc(CC)n1. The number of alkyl halides is 2. The monoisotopic (exact) mass is 412 g/mol. The van der Waals surface area contributed by atoms with Crippen LogP contribution in [0.5, 0.6) is 11.5 Å². The van der Waals surface area contributed by atoms with Gasteiger partial charge < -0.3 is 20.1 Å². The summed E-state index contributed by atoms with van der Waals surface area (Å²) in [7, 11) is 0. The molecule has 1 aromatic carbocycles. The topological polar surface area (TPSA) is 67.8 Å². The minimum atomic E-state index is -2.94. The lowest BCUT2D eigenvalue weighted by Crippen LogP contribution is -2.36. The number of nitrogens with zero attached hydrogens (tertiary/aromatic N) is 2. The first-order chi connectivity index (χ1) is 13.6. The second-order valence-corrected chi connectivity index (χ2v) is 6.63. The number of hydrogen-bond donors (Lipinski definition) is 2. The number of aryl methyl sites for hydroxylation is 1. The Labute approximate surface area is 168 Å². The summed E-state index contributed by atoms with van der Waals surface area (Å²) in [4.78, 5) is 9.00. The van der Waals surface area contributed by atoms with Crippen LogP contribution in [0, 0.1) is 0 Å². The number of nitrogens with one attached hydrogen (secondary N) is 2. The van der Waals surface area contributed by atoms with Gasteiger partial charge in [0.2, 0.25) is 0 Å². The second-order valence-electron chi connectivity index (χ2n) is 5.69.